The van der Waals surface area contributed by atoms with Gasteiger partial charge in [0.15, 0.2) is 0 Å². The molecule has 0 aliphatic heterocycles. The number of sulfonamides is 1. The summed E-state index contributed by atoms with van der Waals surface area (Å²) in [5, 5.41) is 8.91. The van der Waals surface area contributed by atoms with Gasteiger partial charge < -0.3 is 0 Å². The predicted molar refractivity (Wildman–Crippen MR) is 88.5 cm³/mol. The molecule has 2 aromatic rings. The highest BCUT2D eigenvalue weighted by molar-refractivity contribution is 7.89. The minimum Gasteiger partial charge on any atom is -0.211 e. The van der Waals surface area contributed by atoms with Gasteiger partial charge in [-0.05, 0) is 54.5 Å². The van der Waals surface area contributed by atoms with Gasteiger partial charge in [-0.15, -0.1) is 0 Å². The standard InChI is InChI=1S/C18H18N2O2S/c19-12-14-5-3-9-17(11-14)23(21,22)20-13-16-8-4-7-15-6-1-2-10-18(15)16/h1-3,5-6,9-11,16,20H,4,7-8,13H2/t16-/m0/s1. The molecule has 0 amide bonds. The Morgan fingerprint density at radius 2 is 2.00 bits per heavy atom. The van der Waals surface area contributed by atoms with Gasteiger partial charge in [0.25, 0.3) is 0 Å². The Labute approximate surface area is 136 Å². The van der Waals surface area contributed by atoms with Crippen molar-refractivity contribution in [1.29, 1.82) is 5.26 Å². The van der Waals surface area contributed by atoms with E-state index in [4.69, 9.17) is 5.26 Å². The highest BCUT2D eigenvalue weighted by Crippen LogP contribution is 2.31. The third kappa shape index (κ3) is 3.44. The van der Waals surface area contributed by atoms with Crippen molar-refractivity contribution in [3.63, 3.8) is 0 Å². The molecule has 1 N–H and O–H groups in total. The highest BCUT2D eigenvalue weighted by Gasteiger charge is 2.22. The van der Waals surface area contributed by atoms with Crippen LogP contribution in [0.1, 0.15) is 35.4 Å². The SMILES string of the molecule is N#Cc1cccc(S(=O)(=O)NC[C@@H]2CCCc3ccccc32)c1. The Bertz CT molecular complexity index is 853. The molecule has 0 fully saturated rings. The fourth-order valence-electron chi connectivity index (χ4n) is 3.09. The molecule has 0 radical (unpaired) electrons. The van der Waals surface area contributed by atoms with Gasteiger partial charge in [0.2, 0.25) is 10.0 Å². The van der Waals surface area contributed by atoms with E-state index in [1.165, 1.54) is 23.3 Å². The molecule has 0 aromatic heterocycles. The molecule has 0 saturated heterocycles. The quantitative estimate of drug-likeness (QED) is 0.939. The molecule has 3 rings (SSSR count). The number of nitrogens with zero attached hydrogens (tertiary/aromatic N) is 1. The molecule has 5 heteroatoms. The van der Waals surface area contributed by atoms with E-state index >= 15 is 0 Å². The molecule has 0 bridgehead atoms. The molecule has 23 heavy (non-hydrogen) atoms. The van der Waals surface area contributed by atoms with Crippen molar-refractivity contribution in [2.45, 2.75) is 30.1 Å². The Kier molecular flexibility index (Phi) is 4.46. The number of nitriles is 1. The van der Waals surface area contributed by atoms with Crippen molar-refractivity contribution >= 4 is 10.0 Å². The van der Waals surface area contributed by atoms with E-state index in [-0.39, 0.29) is 10.8 Å². The molecule has 4 nitrogen and oxygen atoms in total. The molecule has 0 unspecified atom stereocenters. The average Bonchev–Trinajstić information content (AvgIpc) is 2.60. The van der Waals surface area contributed by atoms with Crippen LogP contribution in [0.25, 0.3) is 0 Å². The van der Waals surface area contributed by atoms with E-state index in [0.29, 0.717) is 12.1 Å². The summed E-state index contributed by atoms with van der Waals surface area (Å²) in [6, 6.07) is 16.3. The van der Waals surface area contributed by atoms with Crippen LogP contribution in [0, 0.1) is 11.3 Å². The van der Waals surface area contributed by atoms with Crippen molar-refractivity contribution in [3.8, 4) is 6.07 Å². The summed E-state index contributed by atoms with van der Waals surface area (Å²) >= 11 is 0. The average molecular weight is 326 g/mol. The first-order valence-electron chi connectivity index (χ1n) is 7.68. The van der Waals surface area contributed by atoms with Gasteiger partial charge in [0.1, 0.15) is 0 Å². The molecule has 0 spiro atoms. The minimum atomic E-state index is -3.60. The second kappa shape index (κ2) is 6.53. The lowest BCUT2D eigenvalue weighted by atomic mass is 9.83. The summed E-state index contributed by atoms with van der Waals surface area (Å²) in [5.41, 5.74) is 2.90. The number of fused-ring (bicyclic) bond motifs is 1. The largest absolute Gasteiger partial charge is 0.240 e. The number of rotatable bonds is 4. The van der Waals surface area contributed by atoms with Crippen LogP contribution in [0.5, 0.6) is 0 Å². The Morgan fingerprint density at radius 3 is 2.83 bits per heavy atom. The maximum absolute atomic E-state index is 12.4. The van der Waals surface area contributed by atoms with E-state index in [1.54, 1.807) is 12.1 Å². The lowest BCUT2D eigenvalue weighted by Crippen LogP contribution is -2.30. The van der Waals surface area contributed by atoms with Crippen molar-refractivity contribution in [2.75, 3.05) is 6.54 Å². The Morgan fingerprint density at radius 1 is 1.17 bits per heavy atom. The Hall–Kier alpha value is -2.16. The van der Waals surface area contributed by atoms with Gasteiger partial charge in [-0.2, -0.15) is 5.26 Å². The minimum absolute atomic E-state index is 0.139. The zero-order valence-corrected chi connectivity index (χ0v) is 13.5. The van der Waals surface area contributed by atoms with Gasteiger partial charge in [-0.3, -0.25) is 0 Å². The zero-order valence-electron chi connectivity index (χ0n) is 12.7. The van der Waals surface area contributed by atoms with Gasteiger partial charge >= 0.3 is 0 Å². The maximum atomic E-state index is 12.4. The fourth-order valence-corrected chi connectivity index (χ4v) is 4.22. The zero-order chi connectivity index (χ0) is 16.3. The molecule has 118 valence electrons. The number of hydrogen-bond donors (Lipinski definition) is 1. The van der Waals surface area contributed by atoms with Gasteiger partial charge in [0.05, 0.1) is 16.5 Å². The topological polar surface area (TPSA) is 70.0 Å². The second-order valence-corrected chi connectivity index (χ2v) is 7.55. The van der Waals surface area contributed by atoms with E-state index < -0.39 is 10.0 Å². The fraction of sp³-hybridized carbons (Fsp3) is 0.278. The normalized spacial score (nSPS) is 17.3. The lowest BCUT2D eigenvalue weighted by molar-refractivity contribution is 0.529. The first-order valence-corrected chi connectivity index (χ1v) is 9.16. The van der Waals surface area contributed by atoms with Crippen molar-refractivity contribution in [1.82, 2.24) is 4.72 Å². The third-order valence-electron chi connectivity index (χ3n) is 4.29. The lowest BCUT2D eigenvalue weighted by Gasteiger charge is -2.25. The van der Waals surface area contributed by atoms with E-state index in [0.717, 1.165) is 19.3 Å². The van der Waals surface area contributed by atoms with Crippen molar-refractivity contribution in [3.05, 3.63) is 65.2 Å². The molecule has 0 heterocycles. The molecule has 2 aromatic carbocycles. The van der Waals surface area contributed by atoms with Crippen LogP contribution in [-0.2, 0) is 16.4 Å². The van der Waals surface area contributed by atoms with Crippen LogP contribution < -0.4 is 4.72 Å². The molecule has 1 atom stereocenters. The summed E-state index contributed by atoms with van der Waals surface area (Å²) in [6.45, 7) is 0.385. The van der Waals surface area contributed by atoms with Gasteiger partial charge in [0, 0.05) is 6.54 Å². The van der Waals surface area contributed by atoms with Gasteiger partial charge in [-0.25, -0.2) is 13.1 Å². The maximum Gasteiger partial charge on any atom is 0.240 e. The smallest absolute Gasteiger partial charge is 0.211 e. The van der Waals surface area contributed by atoms with Crippen molar-refractivity contribution in [2.24, 2.45) is 0 Å². The van der Waals surface area contributed by atoms with E-state index in [1.807, 2.05) is 18.2 Å². The van der Waals surface area contributed by atoms with Crippen LogP contribution in [0.4, 0.5) is 0 Å². The van der Waals surface area contributed by atoms with E-state index in [9.17, 15) is 8.42 Å². The molecule has 1 aliphatic carbocycles. The molecule has 1 aliphatic rings. The number of hydrogen-bond acceptors (Lipinski definition) is 3. The summed E-state index contributed by atoms with van der Waals surface area (Å²) in [7, 11) is -3.60. The summed E-state index contributed by atoms with van der Waals surface area (Å²) in [5.74, 6) is 0.203. The first-order chi connectivity index (χ1) is 11.1. The predicted octanol–water partition coefficient (Wildman–Crippen LogP) is 2.96. The summed E-state index contributed by atoms with van der Waals surface area (Å²) in [4.78, 5) is 0.139. The number of aryl methyl sites for hydroxylation is 1. The molecule has 0 saturated carbocycles. The van der Waals surface area contributed by atoms with Crippen LogP contribution in [0.15, 0.2) is 53.4 Å². The summed E-state index contributed by atoms with van der Waals surface area (Å²) in [6.07, 6.45) is 3.12. The molecular weight excluding hydrogens is 308 g/mol. The number of nitrogens with one attached hydrogen (secondary N) is 1. The van der Waals surface area contributed by atoms with Crippen molar-refractivity contribution < 1.29 is 8.42 Å². The first kappa shape index (κ1) is 15.7. The summed E-state index contributed by atoms with van der Waals surface area (Å²) < 4.78 is 27.6. The highest BCUT2D eigenvalue weighted by atomic mass is 32.2. The van der Waals surface area contributed by atoms with Gasteiger partial charge in [-0.1, -0.05) is 30.3 Å². The second-order valence-electron chi connectivity index (χ2n) is 5.78. The van der Waals surface area contributed by atoms with Crippen LogP contribution in [0.2, 0.25) is 0 Å². The van der Waals surface area contributed by atoms with Crippen LogP contribution in [0.3, 0.4) is 0 Å². The van der Waals surface area contributed by atoms with Crippen LogP contribution >= 0.6 is 0 Å². The van der Waals surface area contributed by atoms with E-state index in [2.05, 4.69) is 16.9 Å². The monoisotopic (exact) mass is 326 g/mol. The number of benzene rings is 2. The van der Waals surface area contributed by atoms with Crippen LogP contribution in [-0.4, -0.2) is 15.0 Å². The third-order valence-corrected chi connectivity index (χ3v) is 5.71. The molecular formula is C18H18N2O2S. The Balaban J connectivity index is 1.77.